The molecule has 0 atom stereocenters. The van der Waals surface area contributed by atoms with Crippen molar-refractivity contribution in [2.75, 3.05) is 0 Å². The average molecular weight is 164 g/mol. The maximum Gasteiger partial charge on any atom is 0.139 e. The molecule has 2 heterocycles. The van der Waals surface area contributed by atoms with Crippen molar-refractivity contribution in [3.63, 3.8) is 0 Å². The predicted molar refractivity (Wildman–Crippen MR) is 40.3 cm³/mol. The van der Waals surface area contributed by atoms with E-state index in [9.17, 15) is 0 Å². The lowest BCUT2D eigenvalue weighted by Gasteiger charge is -1.99. The van der Waals surface area contributed by atoms with E-state index in [1.807, 2.05) is 13.8 Å². The number of hydrogen-bond acceptors (Lipinski definition) is 4. The van der Waals surface area contributed by atoms with Gasteiger partial charge in [-0.2, -0.15) is 0 Å². The van der Waals surface area contributed by atoms with Crippen molar-refractivity contribution < 1.29 is 0 Å². The molecule has 0 aliphatic rings. The van der Waals surface area contributed by atoms with E-state index < -0.39 is 0 Å². The highest BCUT2D eigenvalue weighted by Crippen LogP contribution is 1.99. The van der Waals surface area contributed by atoms with Crippen molar-refractivity contribution in [3.8, 4) is 0 Å². The van der Waals surface area contributed by atoms with Crippen molar-refractivity contribution in [2.45, 2.75) is 13.8 Å². The van der Waals surface area contributed by atoms with Gasteiger partial charge in [-0.3, -0.25) is 0 Å². The molecule has 2 rings (SSSR count). The highest BCUT2D eigenvalue weighted by Gasteiger charge is 2.04. The van der Waals surface area contributed by atoms with Crippen LogP contribution in [0.1, 0.15) is 11.4 Å². The number of rotatable bonds is 1. The standard InChI is InChI=1S/C6H8N6/c1-5-6(2)12(10-9-5)11-4-7-3-8-11/h3-4H,1-2H3. The topological polar surface area (TPSA) is 61.4 Å². The molecular weight excluding hydrogens is 156 g/mol. The monoisotopic (exact) mass is 164 g/mol. The first-order valence-corrected chi connectivity index (χ1v) is 3.53. The number of aryl methyl sites for hydroxylation is 1. The first-order valence-electron chi connectivity index (χ1n) is 3.53. The average Bonchev–Trinajstić information content (AvgIpc) is 2.64. The highest BCUT2D eigenvalue weighted by molar-refractivity contribution is 5.04. The molecule has 0 aromatic carbocycles. The van der Waals surface area contributed by atoms with Gasteiger partial charge in [-0.1, -0.05) is 0 Å². The van der Waals surface area contributed by atoms with Crippen LogP contribution in [0.5, 0.6) is 0 Å². The summed E-state index contributed by atoms with van der Waals surface area (Å²) >= 11 is 0. The van der Waals surface area contributed by atoms with E-state index in [0.29, 0.717) is 0 Å². The van der Waals surface area contributed by atoms with Crippen molar-refractivity contribution >= 4 is 0 Å². The van der Waals surface area contributed by atoms with Gasteiger partial charge in [-0.25, -0.2) is 4.98 Å². The lowest BCUT2D eigenvalue weighted by atomic mass is 10.4. The third kappa shape index (κ3) is 0.884. The summed E-state index contributed by atoms with van der Waals surface area (Å²) in [5.74, 6) is 0. The SMILES string of the molecule is Cc1nnn(-n2cncn2)c1C. The van der Waals surface area contributed by atoms with Crippen molar-refractivity contribution in [1.82, 2.24) is 30.0 Å². The molecule has 0 spiro atoms. The Balaban J connectivity index is 2.55. The third-order valence-electron chi connectivity index (χ3n) is 1.70. The minimum Gasteiger partial charge on any atom is -0.221 e. The minimum atomic E-state index is 0.894. The zero-order chi connectivity index (χ0) is 8.55. The van der Waals surface area contributed by atoms with Gasteiger partial charge < -0.3 is 0 Å². The maximum absolute atomic E-state index is 3.93. The van der Waals surface area contributed by atoms with Crippen LogP contribution in [-0.4, -0.2) is 30.0 Å². The lowest BCUT2D eigenvalue weighted by molar-refractivity contribution is 0.478. The van der Waals surface area contributed by atoms with Crippen LogP contribution in [0.2, 0.25) is 0 Å². The van der Waals surface area contributed by atoms with Gasteiger partial charge in [0.05, 0.1) is 11.4 Å². The van der Waals surface area contributed by atoms with Crippen LogP contribution < -0.4 is 0 Å². The summed E-state index contributed by atoms with van der Waals surface area (Å²) in [7, 11) is 0. The molecule has 0 aliphatic carbocycles. The Morgan fingerprint density at radius 2 is 2.17 bits per heavy atom. The fraction of sp³-hybridized carbons (Fsp3) is 0.333. The van der Waals surface area contributed by atoms with Gasteiger partial charge >= 0.3 is 0 Å². The molecule has 0 saturated carbocycles. The number of aromatic nitrogens is 6. The van der Waals surface area contributed by atoms with Crippen LogP contribution in [0, 0.1) is 13.8 Å². The van der Waals surface area contributed by atoms with E-state index in [4.69, 9.17) is 0 Å². The molecular formula is C6H8N6. The summed E-state index contributed by atoms with van der Waals surface area (Å²) in [4.78, 5) is 6.92. The summed E-state index contributed by atoms with van der Waals surface area (Å²) in [6, 6.07) is 0. The molecule has 0 N–H and O–H groups in total. The molecule has 0 unspecified atom stereocenters. The van der Waals surface area contributed by atoms with Crippen LogP contribution in [0.3, 0.4) is 0 Å². The van der Waals surface area contributed by atoms with Crippen LogP contribution >= 0.6 is 0 Å². The second-order valence-corrected chi connectivity index (χ2v) is 2.47. The molecule has 6 heteroatoms. The lowest BCUT2D eigenvalue weighted by Crippen LogP contribution is -2.13. The van der Waals surface area contributed by atoms with E-state index in [1.54, 1.807) is 11.1 Å². The summed E-state index contributed by atoms with van der Waals surface area (Å²) < 4.78 is 0. The number of nitrogens with zero attached hydrogens (tertiary/aromatic N) is 6. The van der Waals surface area contributed by atoms with E-state index >= 15 is 0 Å². The minimum absolute atomic E-state index is 0.894. The Hall–Kier alpha value is -1.72. The van der Waals surface area contributed by atoms with Gasteiger partial charge in [-0.05, 0) is 19.1 Å². The molecule has 0 radical (unpaired) electrons. The molecule has 0 aliphatic heterocycles. The van der Waals surface area contributed by atoms with Gasteiger partial charge in [0.2, 0.25) is 0 Å². The maximum atomic E-state index is 3.93. The molecule has 2 aromatic rings. The molecule has 0 saturated heterocycles. The van der Waals surface area contributed by atoms with Gasteiger partial charge in [0, 0.05) is 0 Å². The largest absolute Gasteiger partial charge is 0.221 e. The first kappa shape index (κ1) is 6.96. The summed E-state index contributed by atoms with van der Waals surface area (Å²) in [6.45, 7) is 3.83. The second kappa shape index (κ2) is 2.40. The Morgan fingerprint density at radius 3 is 2.67 bits per heavy atom. The number of hydrogen-bond donors (Lipinski definition) is 0. The molecule has 0 fully saturated rings. The van der Waals surface area contributed by atoms with E-state index in [0.717, 1.165) is 11.4 Å². The second-order valence-electron chi connectivity index (χ2n) is 2.47. The van der Waals surface area contributed by atoms with Crippen LogP contribution in [0.4, 0.5) is 0 Å². The normalized spacial score (nSPS) is 10.5. The Kier molecular flexibility index (Phi) is 1.39. The fourth-order valence-corrected chi connectivity index (χ4v) is 0.888. The van der Waals surface area contributed by atoms with Gasteiger partial charge in [0.25, 0.3) is 0 Å². The van der Waals surface area contributed by atoms with Crippen LogP contribution in [0.15, 0.2) is 12.7 Å². The smallest absolute Gasteiger partial charge is 0.139 e. The first-order chi connectivity index (χ1) is 5.79. The molecule has 0 amide bonds. The Bertz CT molecular complexity index is 373. The zero-order valence-corrected chi connectivity index (χ0v) is 6.84. The van der Waals surface area contributed by atoms with Crippen molar-refractivity contribution in [1.29, 1.82) is 0 Å². The van der Waals surface area contributed by atoms with E-state index in [-0.39, 0.29) is 0 Å². The van der Waals surface area contributed by atoms with Crippen LogP contribution in [-0.2, 0) is 0 Å². The fourth-order valence-electron chi connectivity index (χ4n) is 0.888. The predicted octanol–water partition coefficient (Wildman–Crippen LogP) is -0.202. The molecule has 62 valence electrons. The molecule has 2 aromatic heterocycles. The summed E-state index contributed by atoms with van der Waals surface area (Å²) in [6.07, 6.45) is 3.03. The van der Waals surface area contributed by atoms with Crippen molar-refractivity contribution in [3.05, 3.63) is 24.0 Å². The van der Waals surface area contributed by atoms with E-state index in [1.165, 1.54) is 11.1 Å². The van der Waals surface area contributed by atoms with Gasteiger partial charge in [0.1, 0.15) is 12.7 Å². The third-order valence-corrected chi connectivity index (χ3v) is 1.70. The quantitative estimate of drug-likeness (QED) is 0.585. The van der Waals surface area contributed by atoms with Gasteiger partial charge in [0.15, 0.2) is 0 Å². The molecule has 12 heavy (non-hydrogen) atoms. The Morgan fingerprint density at radius 1 is 1.33 bits per heavy atom. The van der Waals surface area contributed by atoms with E-state index in [2.05, 4.69) is 20.4 Å². The highest BCUT2D eigenvalue weighted by atomic mass is 15.7. The zero-order valence-electron chi connectivity index (χ0n) is 6.84. The van der Waals surface area contributed by atoms with Crippen molar-refractivity contribution in [2.24, 2.45) is 0 Å². The van der Waals surface area contributed by atoms with Crippen LogP contribution in [0.25, 0.3) is 0 Å². The summed E-state index contributed by atoms with van der Waals surface area (Å²) in [5.41, 5.74) is 1.85. The summed E-state index contributed by atoms with van der Waals surface area (Å²) in [5, 5.41) is 11.7. The molecule has 0 bridgehead atoms. The Labute approximate surface area is 68.8 Å². The molecule has 6 nitrogen and oxygen atoms in total. The van der Waals surface area contributed by atoms with Gasteiger partial charge in [-0.15, -0.1) is 19.8 Å².